The number of aliphatic hydroxyl groups is 2. The van der Waals surface area contributed by atoms with E-state index in [9.17, 15) is 19.8 Å². The second-order valence-corrected chi connectivity index (χ2v) is 4.64. The number of unbranched alkanes of at least 4 members (excludes halogenated alkanes) is 4. The summed E-state index contributed by atoms with van der Waals surface area (Å²) in [6.45, 7) is 4.36. The van der Waals surface area contributed by atoms with Gasteiger partial charge in [0.15, 0.2) is 12.2 Å². The van der Waals surface area contributed by atoms with Crippen LogP contribution in [0.3, 0.4) is 0 Å². The van der Waals surface area contributed by atoms with Crippen molar-refractivity contribution in [3.8, 4) is 0 Å². The zero-order valence-electron chi connectivity index (χ0n) is 12.3. The average molecular weight is 290 g/mol. The molecule has 0 aromatic heterocycles. The topological polar surface area (TPSA) is 93.1 Å². The van der Waals surface area contributed by atoms with Crippen molar-refractivity contribution in [1.82, 2.24) is 0 Å². The number of carbonyl (C=O) groups excluding carboxylic acids is 2. The van der Waals surface area contributed by atoms with Crippen LogP contribution in [0.2, 0.25) is 0 Å². The molecule has 6 heteroatoms. The van der Waals surface area contributed by atoms with Crippen molar-refractivity contribution in [2.24, 2.45) is 0 Å². The van der Waals surface area contributed by atoms with Crippen LogP contribution in [0.25, 0.3) is 0 Å². The molecule has 0 saturated heterocycles. The Morgan fingerprint density at radius 1 is 0.800 bits per heavy atom. The Morgan fingerprint density at radius 3 is 1.45 bits per heavy atom. The maximum atomic E-state index is 11.4. The van der Waals surface area contributed by atoms with Crippen molar-refractivity contribution in [3.63, 3.8) is 0 Å². The number of carbonyl (C=O) groups is 2. The molecule has 0 aromatic carbocycles. The fourth-order valence-electron chi connectivity index (χ4n) is 1.48. The van der Waals surface area contributed by atoms with Crippen LogP contribution in [0.1, 0.15) is 52.4 Å². The first-order chi connectivity index (χ1) is 9.54. The van der Waals surface area contributed by atoms with E-state index in [1.165, 1.54) is 0 Å². The standard InChI is InChI=1S/C14H26O6/c1-3-5-7-9-19-13(17)11(15)12(16)14(18)20-10-8-6-4-2/h11-12,15-16H,3-10H2,1-2H3/t11-,12?/m1/s1. The lowest BCUT2D eigenvalue weighted by atomic mass is 10.2. The molecule has 0 rings (SSSR count). The molecule has 0 radical (unpaired) electrons. The van der Waals surface area contributed by atoms with Gasteiger partial charge in [-0.2, -0.15) is 0 Å². The molecular weight excluding hydrogens is 264 g/mol. The van der Waals surface area contributed by atoms with Crippen LogP contribution in [0.4, 0.5) is 0 Å². The molecular formula is C14H26O6. The summed E-state index contributed by atoms with van der Waals surface area (Å²) in [5.41, 5.74) is 0. The Hall–Kier alpha value is -1.14. The van der Waals surface area contributed by atoms with Crippen molar-refractivity contribution in [3.05, 3.63) is 0 Å². The molecule has 0 fully saturated rings. The number of hydrogen-bond acceptors (Lipinski definition) is 6. The summed E-state index contributed by atoms with van der Waals surface area (Å²) in [6, 6.07) is 0. The Kier molecular flexibility index (Phi) is 11.0. The van der Waals surface area contributed by atoms with E-state index in [1.54, 1.807) is 0 Å². The third kappa shape index (κ3) is 8.12. The molecule has 1 unspecified atom stereocenters. The Bertz CT molecular complexity index is 251. The smallest absolute Gasteiger partial charge is 0.338 e. The first-order valence-electron chi connectivity index (χ1n) is 7.24. The summed E-state index contributed by atoms with van der Waals surface area (Å²) in [4.78, 5) is 22.8. The molecule has 0 bridgehead atoms. The van der Waals surface area contributed by atoms with Crippen molar-refractivity contribution in [1.29, 1.82) is 0 Å². The maximum Gasteiger partial charge on any atom is 0.338 e. The van der Waals surface area contributed by atoms with Crippen molar-refractivity contribution < 1.29 is 29.3 Å². The summed E-state index contributed by atoms with van der Waals surface area (Å²) in [7, 11) is 0. The summed E-state index contributed by atoms with van der Waals surface area (Å²) >= 11 is 0. The SMILES string of the molecule is CCCCCOC(=O)C(O)[C@@H](O)C(=O)OCCCCC. The molecule has 0 aliphatic rings. The van der Waals surface area contributed by atoms with E-state index >= 15 is 0 Å². The Balaban J connectivity index is 3.95. The van der Waals surface area contributed by atoms with Crippen LogP contribution in [0.15, 0.2) is 0 Å². The minimum Gasteiger partial charge on any atom is -0.464 e. The minimum absolute atomic E-state index is 0.169. The predicted molar refractivity (Wildman–Crippen MR) is 73.0 cm³/mol. The molecule has 6 nitrogen and oxygen atoms in total. The molecule has 0 amide bonds. The third-order valence-corrected chi connectivity index (χ3v) is 2.77. The largest absolute Gasteiger partial charge is 0.464 e. The lowest BCUT2D eigenvalue weighted by Crippen LogP contribution is -2.41. The van der Waals surface area contributed by atoms with Crippen molar-refractivity contribution in [2.45, 2.75) is 64.6 Å². The molecule has 0 aliphatic carbocycles. The lowest BCUT2D eigenvalue weighted by Gasteiger charge is -2.15. The molecule has 20 heavy (non-hydrogen) atoms. The van der Waals surface area contributed by atoms with Gasteiger partial charge in [-0.1, -0.05) is 39.5 Å². The normalized spacial score (nSPS) is 13.6. The van der Waals surface area contributed by atoms with Crippen molar-refractivity contribution in [2.75, 3.05) is 13.2 Å². The Morgan fingerprint density at radius 2 is 1.15 bits per heavy atom. The first kappa shape index (κ1) is 18.9. The molecule has 118 valence electrons. The van der Waals surface area contributed by atoms with Crippen molar-refractivity contribution >= 4 is 11.9 Å². The van der Waals surface area contributed by atoms with Gasteiger partial charge in [-0.3, -0.25) is 0 Å². The van der Waals surface area contributed by atoms with Gasteiger partial charge < -0.3 is 19.7 Å². The van der Waals surface area contributed by atoms with Crippen LogP contribution >= 0.6 is 0 Å². The van der Waals surface area contributed by atoms with Gasteiger partial charge in [0.25, 0.3) is 0 Å². The zero-order chi connectivity index (χ0) is 15.4. The second-order valence-electron chi connectivity index (χ2n) is 4.64. The summed E-state index contributed by atoms with van der Waals surface area (Å²) in [5, 5.41) is 19.0. The Labute approximate surface area is 120 Å². The number of aliphatic hydroxyl groups excluding tert-OH is 2. The fourth-order valence-corrected chi connectivity index (χ4v) is 1.48. The van der Waals surface area contributed by atoms with Crippen LogP contribution in [0.5, 0.6) is 0 Å². The molecule has 0 aromatic rings. The number of rotatable bonds is 11. The van der Waals surface area contributed by atoms with Gasteiger partial charge in [-0.25, -0.2) is 9.59 Å². The van der Waals surface area contributed by atoms with Gasteiger partial charge >= 0.3 is 11.9 Å². The number of ether oxygens (including phenoxy) is 2. The maximum absolute atomic E-state index is 11.4. The molecule has 0 saturated carbocycles. The molecule has 0 spiro atoms. The van der Waals surface area contributed by atoms with E-state index in [2.05, 4.69) is 0 Å². The average Bonchev–Trinajstić information content (AvgIpc) is 2.46. The van der Waals surface area contributed by atoms with E-state index in [1.807, 2.05) is 13.8 Å². The monoisotopic (exact) mass is 290 g/mol. The lowest BCUT2D eigenvalue weighted by molar-refractivity contribution is -0.173. The fraction of sp³-hybridized carbons (Fsp3) is 0.857. The zero-order valence-corrected chi connectivity index (χ0v) is 12.3. The highest BCUT2D eigenvalue weighted by atomic mass is 16.6. The van der Waals surface area contributed by atoms with Gasteiger partial charge in [-0.05, 0) is 12.8 Å². The van der Waals surface area contributed by atoms with E-state index < -0.39 is 24.1 Å². The molecule has 0 heterocycles. The van der Waals surface area contributed by atoms with E-state index in [-0.39, 0.29) is 13.2 Å². The first-order valence-corrected chi connectivity index (χ1v) is 7.24. The van der Waals surface area contributed by atoms with Gasteiger partial charge in [0.1, 0.15) is 0 Å². The third-order valence-electron chi connectivity index (χ3n) is 2.77. The van der Waals surface area contributed by atoms with E-state index in [0.717, 1.165) is 25.7 Å². The summed E-state index contributed by atoms with van der Waals surface area (Å²) in [5.74, 6) is -2.00. The van der Waals surface area contributed by atoms with E-state index in [0.29, 0.717) is 12.8 Å². The highest BCUT2D eigenvalue weighted by Gasteiger charge is 2.32. The second kappa shape index (κ2) is 11.7. The predicted octanol–water partition coefficient (Wildman–Crippen LogP) is 1.17. The number of hydrogen-bond donors (Lipinski definition) is 2. The summed E-state index contributed by atoms with van der Waals surface area (Å²) < 4.78 is 9.53. The van der Waals surface area contributed by atoms with Crippen LogP contribution in [-0.2, 0) is 19.1 Å². The van der Waals surface area contributed by atoms with Gasteiger partial charge in [0, 0.05) is 0 Å². The van der Waals surface area contributed by atoms with Crippen LogP contribution < -0.4 is 0 Å². The minimum atomic E-state index is -1.89. The van der Waals surface area contributed by atoms with Crippen LogP contribution in [-0.4, -0.2) is 47.6 Å². The molecule has 2 atom stereocenters. The number of esters is 2. The highest BCUT2D eigenvalue weighted by molar-refractivity contribution is 5.85. The quantitative estimate of drug-likeness (QED) is 0.438. The van der Waals surface area contributed by atoms with Gasteiger partial charge in [-0.15, -0.1) is 0 Å². The van der Waals surface area contributed by atoms with Gasteiger partial charge in [0.05, 0.1) is 13.2 Å². The van der Waals surface area contributed by atoms with E-state index in [4.69, 9.17) is 9.47 Å². The molecule has 2 N–H and O–H groups in total. The van der Waals surface area contributed by atoms with Gasteiger partial charge in [0.2, 0.25) is 0 Å². The highest BCUT2D eigenvalue weighted by Crippen LogP contribution is 2.03. The summed E-state index contributed by atoms with van der Waals surface area (Å²) in [6.07, 6.45) is 1.36. The van der Waals surface area contributed by atoms with Crippen LogP contribution in [0, 0.1) is 0 Å². The molecule has 0 aliphatic heterocycles.